The van der Waals surface area contributed by atoms with Gasteiger partial charge in [-0.3, -0.25) is 0 Å². The fourth-order valence-corrected chi connectivity index (χ4v) is 3.01. The maximum absolute atomic E-state index is 5.66. The Kier molecular flexibility index (Phi) is 4.97. The van der Waals surface area contributed by atoms with Gasteiger partial charge in [0.1, 0.15) is 0 Å². The van der Waals surface area contributed by atoms with Gasteiger partial charge in [-0.25, -0.2) is 0 Å². The summed E-state index contributed by atoms with van der Waals surface area (Å²) in [6.07, 6.45) is 0.633. The van der Waals surface area contributed by atoms with Crippen molar-refractivity contribution < 1.29 is 9.47 Å². The van der Waals surface area contributed by atoms with Crippen LogP contribution in [-0.4, -0.2) is 27.9 Å². The fourth-order valence-electron chi connectivity index (χ4n) is 1.15. The maximum atomic E-state index is 5.66. The number of hydrogen-bond acceptors (Lipinski definition) is 3. The van der Waals surface area contributed by atoms with Crippen LogP contribution >= 0.6 is 46.6 Å². The molecular weight excluding hydrogens is 255 g/mol. The van der Waals surface area contributed by atoms with E-state index in [4.69, 9.17) is 44.3 Å². The van der Waals surface area contributed by atoms with Crippen LogP contribution in [0.2, 0.25) is 0 Å². The zero-order chi connectivity index (χ0) is 9.90. The smallest absolute Gasteiger partial charge is 0.237 e. The van der Waals surface area contributed by atoms with Crippen molar-refractivity contribution in [3.8, 4) is 0 Å². The summed E-state index contributed by atoms with van der Waals surface area (Å²) in [5, 5.41) is 0.118. The van der Waals surface area contributed by atoms with Crippen LogP contribution < -0.4 is 0 Å². The van der Waals surface area contributed by atoms with Crippen molar-refractivity contribution in [2.75, 3.05) is 13.2 Å². The lowest BCUT2D eigenvalue weighted by Gasteiger charge is -2.21. The number of halogens is 3. The van der Waals surface area contributed by atoms with E-state index in [-0.39, 0.29) is 11.5 Å². The summed E-state index contributed by atoms with van der Waals surface area (Å²) in [5.74, 6) is 0. The molecule has 1 rings (SSSR count). The van der Waals surface area contributed by atoms with Crippen molar-refractivity contribution in [2.45, 2.75) is 28.0 Å². The first-order valence-electron chi connectivity index (χ1n) is 4.00. The van der Waals surface area contributed by atoms with Crippen LogP contribution in [0.15, 0.2) is 0 Å². The van der Waals surface area contributed by atoms with Gasteiger partial charge in [0.05, 0.1) is 11.9 Å². The van der Waals surface area contributed by atoms with Crippen LogP contribution in [0.3, 0.4) is 0 Å². The number of ether oxygens (including phenoxy) is 2. The van der Waals surface area contributed by atoms with E-state index in [1.54, 1.807) is 0 Å². The van der Waals surface area contributed by atoms with Crippen molar-refractivity contribution in [3.63, 3.8) is 0 Å². The van der Waals surface area contributed by atoms with Crippen LogP contribution in [0.25, 0.3) is 0 Å². The van der Waals surface area contributed by atoms with E-state index in [1.165, 1.54) is 11.8 Å². The second kappa shape index (κ2) is 5.29. The summed E-state index contributed by atoms with van der Waals surface area (Å²) >= 11 is 18.2. The predicted octanol–water partition coefficient (Wildman–Crippen LogP) is 3.20. The third kappa shape index (κ3) is 4.45. The lowest BCUT2D eigenvalue weighted by Crippen LogP contribution is -2.24. The van der Waals surface area contributed by atoms with E-state index in [1.807, 2.05) is 6.92 Å². The van der Waals surface area contributed by atoms with Crippen molar-refractivity contribution in [1.29, 1.82) is 0 Å². The second-order valence-corrected chi connectivity index (χ2v) is 6.99. The summed E-state index contributed by atoms with van der Waals surface area (Å²) in [4.78, 5) is 0. The molecule has 1 aliphatic rings. The zero-order valence-corrected chi connectivity index (χ0v) is 10.2. The third-order valence-electron chi connectivity index (χ3n) is 1.60. The van der Waals surface area contributed by atoms with Crippen molar-refractivity contribution >= 4 is 46.6 Å². The lowest BCUT2D eigenvalue weighted by atomic mass is 10.3. The Hall–Kier alpha value is 1.14. The van der Waals surface area contributed by atoms with Gasteiger partial charge in [-0.2, -0.15) is 0 Å². The van der Waals surface area contributed by atoms with Crippen LogP contribution in [0.1, 0.15) is 13.3 Å². The first kappa shape index (κ1) is 12.2. The highest BCUT2D eigenvalue weighted by Gasteiger charge is 2.35. The molecule has 0 bridgehead atoms. The molecule has 1 heterocycles. The molecule has 0 amide bonds. The average molecular weight is 266 g/mol. The van der Waals surface area contributed by atoms with Crippen LogP contribution in [0, 0.1) is 0 Å². The quantitative estimate of drug-likeness (QED) is 0.730. The molecule has 2 unspecified atom stereocenters. The molecule has 0 aromatic rings. The molecular formula is C7H11Cl3O2S. The molecule has 0 spiro atoms. The van der Waals surface area contributed by atoms with Gasteiger partial charge in [-0.05, 0) is 13.3 Å². The van der Waals surface area contributed by atoms with E-state index < -0.39 is 3.12 Å². The van der Waals surface area contributed by atoms with E-state index >= 15 is 0 Å². The Morgan fingerprint density at radius 1 is 1.54 bits per heavy atom. The van der Waals surface area contributed by atoms with Crippen LogP contribution in [-0.2, 0) is 9.47 Å². The predicted molar refractivity (Wildman–Crippen MR) is 57.7 cm³/mol. The van der Waals surface area contributed by atoms with Crippen molar-refractivity contribution in [1.82, 2.24) is 0 Å². The zero-order valence-electron chi connectivity index (χ0n) is 7.13. The van der Waals surface area contributed by atoms with Gasteiger partial charge in [-0.1, -0.05) is 46.6 Å². The van der Waals surface area contributed by atoms with E-state index in [0.717, 1.165) is 6.42 Å². The molecule has 2 nitrogen and oxygen atoms in total. The molecule has 13 heavy (non-hydrogen) atoms. The lowest BCUT2D eigenvalue weighted by molar-refractivity contribution is -0.104. The minimum atomic E-state index is -1.28. The van der Waals surface area contributed by atoms with E-state index in [2.05, 4.69) is 0 Å². The minimum Gasteiger partial charge on any atom is -0.352 e. The van der Waals surface area contributed by atoms with Gasteiger partial charge >= 0.3 is 0 Å². The van der Waals surface area contributed by atoms with E-state index in [9.17, 15) is 0 Å². The topological polar surface area (TPSA) is 18.5 Å². The van der Waals surface area contributed by atoms with E-state index in [0.29, 0.717) is 13.2 Å². The molecule has 1 fully saturated rings. The van der Waals surface area contributed by atoms with Gasteiger partial charge in [-0.15, -0.1) is 0 Å². The highest BCUT2D eigenvalue weighted by atomic mass is 35.6. The van der Waals surface area contributed by atoms with Crippen molar-refractivity contribution in [2.24, 2.45) is 0 Å². The second-order valence-electron chi connectivity index (χ2n) is 2.59. The van der Waals surface area contributed by atoms with Crippen LogP contribution in [0.5, 0.6) is 0 Å². The molecule has 0 N–H and O–H groups in total. The Morgan fingerprint density at radius 3 is 2.77 bits per heavy atom. The van der Waals surface area contributed by atoms with Crippen LogP contribution in [0.4, 0.5) is 0 Å². The molecule has 0 aliphatic carbocycles. The third-order valence-corrected chi connectivity index (χ3v) is 3.43. The fraction of sp³-hybridized carbons (Fsp3) is 1.00. The Morgan fingerprint density at radius 2 is 2.23 bits per heavy atom. The number of thioether (sulfide) groups is 1. The summed E-state index contributed by atoms with van der Waals surface area (Å²) in [7, 11) is 0. The van der Waals surface area contributed by atoms with Gasteiger partial charge in [0.15, 0.2) is 6.29 Å². The summed E-state index contributed by atoms with van der Waals surface area (Å²) in [6, 6.07) is 0. The standard InChI is InChI=1S/C7H11Cl3O2S/c1-2-11-6-5(3-4-12-6)13-7(8,9)10/h5-6H,2-4H2,1H3. The first-order chi connectivity index (χ1) is 6.03. The number of alkyl halides is 3. The van der Waals surface area contributed by atoms with Gasteiger partial charge < -0.3 is 9.47 Å². The monoisotopic (exact) mass is 264 g/mol. The minimum absolute atomic E-state index is 0.118. The first-order valence-corrected chi connectivity index (χ1v) is 6.02. The molecule has 0 aromatic carbocycles. The molecule has 0 radical (unpaired) electrons. The molecule has 1 saturated heterocycles. The Bertz CT molecular complexity index is 162. The van der Waals surface area contributed by atoms with Gasteiger partial charge in [0, 0.05) is 6.61 Å². The Balaban J connectivity index is 2.39. The number of hydrogen-bond donors (Lipinski definition) is 0. The molecule has 0 saturated carbocycles. The Labute approximate surface area is 97.2 Å². The summed E-state index contributed by atoms with van der Waals surface area (Å²) in [5.41, 5.74) is 0. The molecule has 1 aliphatic heterocycles. The average Bonchev–Trinajstić information content (AvgIpc) is 2.34. The molecule has 6 heteroatoms. The van der Waals surface area contributed by atoms with Gasteiger partial charge in [0.2, 0.25) is 3.12 Å². The molecule has 0 aromatic heterocycles. The maximum Gasteiger partial charge on any atom is 0.237 e. The largest absolute Gasteiger partial charge is 0.352 e. The summed E-state index contributed by atoms with van der Waals surface area (Å²) in [6.45, 7) is 3.20. The SMILES string of the molecule is CCOC1OCCC1SC(Cl)(Cl)Cl. The molecule has 78 valence electrons. The normalized spacial score (nSPS) is 29.5. The molecule has 2 atom stereocenters. The van der Waals surface area contributed by atoms with Crippen molar-refractivity contribution in [3.05, 3.63) is 0 Å². The highest BCUT2D eigenvalue weighted by Crippen LogP contribution is 2.45. The highest BCUT2D eigenvalue weighted by molar-refractivity contribution is 8.05. The summed E-state index contributed by atoms with van der Waals surface area (Å²) < 4.78 is 9.39. The van der Waals surface area contributed by atoms with Gasteiger partial charge in [0.25, 0.3) is 0 Å². The number of rotatable bonds is 3.